The number of aliphatic imine (C=N–C) groups is 1. The minimum atomic E-state index is 0.426. The van der Waals surface area contributed by atoms with Crippen LogP contribution in [0.2, 0.25) is 0 Å². The molecule has 0 aliphatic heterocycles. The molecule has 0 bridgehead atoms. The van der Waals surface area contributed by atoms with Gasteiger partial charge in [0.25, 0.3) is 0 Å². The lowest BCUT2D eigenvalue weighted by atomic mass is 10.1. The first-order valence-electron chi connectivity index (χ1n) is 7.20. The van der Waals surface area contributed by atoms with Gasteiger partial charge in [0.05, 0.1) is 13.1 Å². The molecule has 114 valence electrons. The molecule has 0 saturated carbocycles. The fourth-order valence-corrected chi connectivity index (χ4v) is 1.84. The Bertz CT molecular complexity index is 665. The molecule has 2 rings (SSSR count). The Labute approximate surface area is 130 Å². The highest BCUT2D eigenvalue weighted by Gasteiger charge is 2.06. The summed E-state index contributed by atoms with van der Waals surface area (Å²) in [6.07, 6.45) is 6.86. The first-order chi connectivity index (χ1) is 10.7. The molecule has 0 unspecified atom stereocenters. The molecular weight excluding hydrogens is 276 g/mol. The predicted octanol–water partition coefficient (Wildman–Crippen LogP) is 2.34. The average molecular weight is 296 g/mol. The summed E-state index contributed by atoms with van der Waals surface area (Å²) >= 11 is 0. The first-order valence-corrected chi connectivity index (χ1v) is 7.20. The van der Waals surface area contributed by atoms with Gasteiger partial charge in [0, 0.05) is 12.1 Å². The Hall–Kier alpha value is -2.74. The highest BCUT2D eigenvalue weighted by molar-refractivity contribution is 5.79. The van der Waals surface area contributed by atoms with Crippen molar-refractivity contribution in [1.82, 2.24) is 15.6 Å². The molecule has 0 atom stereocenters. The lowest BCUT2D eigenvalue weighted by Gasteiger charge is -2.07. The van der Waals surface area contributed by atoms with E-state index in [0.29, 0.717) is 24.9 Å². The van der Waals surface area contributed by atoms with E-state index in [1.54, 1.807) is 6.26 Å². The third-order valence-corrected chi connectivity index (χ3v) is 2.95. The number of nitrogens with zero attached hydrogens (tertiary/aromatic N) is 2. The van der Waals surface area contributed by atoms with Crippen molar-refractivity contribution in [3.63, 3.8) is 0 Å². The highest BCUT2D eigenvalue weighted by atomic mass is 16.3. The Morgan fingerprint density at radius 1 is 1.32 bits per heavy atom. The van der Waals surface area contributed by atoms with Crippen molar-refractivity contribution in [2.75, 3.05) is 13.1 Å². The van der Waals surface area contributed by atoms with Crippen LogP contribution in [0.4, 0.5) is 0 Å². The summed E-state index contributed by atoms with van der Waals surface area (Å²) in [4.78, 5) is 8.87. The number of aromatic nitrogens is 1. The molecule has 5 heteroatoms. The molecule has 0 aliphatic carbocycles. The van der Waals surface area contributed by atoms with E-state index in [0.717, 1.165) is 17.8 Å². The maximum atomic E-state index is 5.51. The van der Waals surface area contributed by atoms with Crippen LogP contribution in [-0.2, 0) is 6.54 Å². The van der Waals surface area contributed by atoms with Gasteiger partial charge >= 0.3 is 0 Å². The first kappa shape index (κ1) is 15.6. The van der Waals surface area contributed by atoms with Gasteiger partial charge in [0.15, 0.2) is 5.96 Å². The lowest BCUT2D eigenvalue weighted by Crippen LogP contribution is -2.37. The number of rotatable bonds is 5. The molecule has 2 N–H and O–H groups in total. The zero-order valence-corrected chi connectivity index (χ0v) is 12.9. The molecule has 2 aromatic rings. The topological polar surface area (TPSA) is 62.5 Å². The van der Waals surface area contributed by atoms with Gasteiger partial charge < -0.3 is 15.1 Å². The Morgan fingerprint density at radius 3 is 2.77 bits per heavy atom. The van der Waals surface area contributed by atoms with E-state index in [4.69, 9.17) is 10.8 Å². The van der Waals surface area contributed by atoms with Crippen molar-refractivity contribution < 1.29 is 4.42 Å². The second-order valence-electron chi connectivity index (χ2n) is 4.76. The van der Waals surface area contributed by atoms with Gasteiger partial charge in [-0.2, -0.15) is 0 Å². The SMILES string of the molecule is C#CCNC(=NCc1coc(-c2ccc(C)cc2)n1)NCC. The third kappa shape index (κ3) is 4.38. The largest absolute Gasteiger partial charge is 0.444 e. The van der Waals surface area contributed by atoms with E-state index in [9.17, 15) is 0 Å². The molecular formula is C17H20N4O. The summed E-state index contributed by atoms with van der Waals surface area (Å²) in [7, 11) is 0. The standard InChI is InChI=1S/C17H20N4O/c1-4-10-19-17(18-5-2)20-11-15-12-22-16(21-15)14-8-6-13(3)7-9-14/h1,6-9,12H,5,10-11H2,2-3H3,(H2,18,19,20). The number of aryl methyl sites for hydroxylation is 1. The van der Waals surface area contributed by atoms with Crippen LogP contribution in [0.5, 0.6) is 0 Å². The zero-order valence-electron chi connectivity index (χ0n) is 12.9. The molecule has 0 spiro atoms. The van der Waals surface area contributed by atoms with E-state index in [1.807, 2.05) is 38.1 Å². The summed E-state index contributed by atoms with van der Waals surface area (Å²) in [6.45, 7) is 5.67. The number of benzene rings is 1. The number of hydrogen-bond acceptors (Lipinski definition) is 3. The van der Waals surface area contributed by atoms with Crippen molar-refractivity contribution >= 4 is 5.96 Å². The van der Waals surface area contributed by atoms with Crippen molar-refractivity contribution in [3.05, 3.63) is 41.8 Å². The van der Waals surface area contributed by atoms with Gasteiger partial charge in [0.1, 0.15) is 12.0 Å². The van der Waals surface area contributed by atoms with Crippen LogP contribution < -0.4 is 10.6 Å². The van der Waals surface area contributed by atoms with Gasteiger partial charge in [-0.25, -0.2) is 9.98 Å². The highest BCUT2D eigenvalue weighted by Crippen LogP contribution is 2.19. The van der Waals surface area contributed by atoms with Crippen molar-refractivity contribution in [2.45, 2.75) is 20.4 Å². The molecule has 22 heavy (non-hydrogen) atoms. The predicted molar refractivity (Wildman–Crippen MR) is 88.3 cm³/mol. The molecule has 0 saturated heterocycles. The van der Waals surface area contributed by atoms with Crippen molar-refractivity contribution in [2.24, 2.45) is 4.99 Å². The normalized spacial score (nSPS) is 11.0. The summed E-state index contributed by atoms with van der Waals surface area (Å²) < 4.78 is 5.51. The maximum absolute atomic E-state index is 5.51. The lowest BCUT2D eigenvalue weighted by molar-refractivity contribution is 0.572. The zero-order chi connectivity index (χ0) is 15.8. The van der Waals surface area contributed by atoms with Crippen LogP contribution in [0.25, 0.3) is 11.5 Å². The van der Waals surface area contributed by atoms with E-state index in [2.05, 4.69) is 26.5 Å². The van der Waals surface area contributed by atoms with Gasteiger partial charge in [0.2, 0.25) is 5.89 Å². The number of terminal acetylenes is 1. The fraction of sp³-hybridized carbons (Fsp3) is 0.294. The van der Waals surface area contributed by atoms with E-state index < -0.39 is 0 Å². The van der Waals surface area contributed by atoms with Crippen LogP contribution in [0.15, 0.2) is 39.9 Å². The van der Waals surface area contributed by atoms with Crippen LogP contribution in [0, 0.1) is 19.3 Å². The Kier molecular flexibility index (Phi) is 5.61. The van der Waals surface area contributed by atoms with Crippen LogP contribution >= 0.6 is 0 Å². The molecule has 0 radical (unpaired) electrons. The number of nitrogens with one attached hydrogen (secondary N) is 2. The minimum Gasteiger partial charge on any atom is -0.444 e. The average Bonchev–Trinajstić information content (AvgIpc) is 3.00. The second-order valence-corrected chi connectivity index (χ2v) is 4.76. The molecule has 0 amide bonds. The van der Waals surface area contributed by atoms with Gasteiger partial charge in [-0.05, 0) is 26.0 Å². The third-order valence-electron chi connectivity index (χ3n) is 2.95. The monoisotopic (exact) mass is 296 g/mol. The Balaban J connectivity index is 2.04. The summed E-state index contributed by atoms with van der Waals surface area (Å²) in [5.74, 6) is 3.79. The summed E-state index contributed by atoms with van der Waals surface area (Å²) in [5, 5.41) is 6.15. The van der Waals surface area contributed by atoms with Crippen LogP contribution in [0.3, 0.4) is 0 Å². The number of oxazole rings is 1. The Morgan fingerprint density at radius 2 is 2.09 bits per heavy atom. The van der Waals surface area contributed by atoms with Crippen molar-refractivity contribution in [1.29, 1.82) is 0 Å². The maximum Gasteiger partial charge on any atom is 0.226 e. The van der Waals surface area contributed by atoms with E-state index >= 15 is 0 Å². The van der Waals surface area contributed by atoms with Gasteiger partial charge in [-0.1, -0.05) is 23.6 Å². The fourth-order valence-electron chi connectivity index (χ4n) is 1.84. The molecule has 5 nitrogen and oxygen atoms in total. The van der Waals surface area contributed by atoms with Gasteiger partial charge in [-0.3, -0.25) is 0 Å². The molecule has 0 aliphatic rings. The molecule has 0 fully saturated rings. The van der Waals surface area contributed by atoms with Gasteiger partial charge in [-0.15, -0.1) is 6.42 Å². The van der Waals surface area contributed by atoms with Crippen LogP contribution in [0.1, 0.15) is 18.2 Å². The molecule has 1 aromatic heterocycles. The van der Waals surface area contributed by atoms with Crippen LogP contribution in [-0.4, -0.2) is 24.0 Å². The summed E-state index contributed by atoms with van der Waals surface area (Å²) in [5.41, 5.74) is 2.93. The van der Waals surface area contributed by atoms with E-state index in [1.165, 1.54) is 5.56 Å². The smallest absolute Gasteiger partial charge is 0.226 e. The minimum absolute atomic E-state index is 0.426. The second kappa shape index (κ2) is 7.89. The molecule has 1 heterocycles. The summed E-state index contributed by atoms with van der Waals surface area (Å²) in [6, 6.07) is 8.05. The number of hydrogen-bond donors (Lipinski definition) is 2. The number of guanidine groups is 1. The van der Waals surface area contributed by atoms with Crippen molar-refractivity contribution in [3.8, 4) is 23.8 Å². The quantitative estimate of drug-likeness (QED) is 0.505. The van der Waals surface area contributed by atoms with E-state index in [-0.39, 0.29) is 0 Å². The molecule has 1 aromatic carbocycles.